The van der Waals surface area contributed by atoms with Gasteiger partial charge in [-0.2, -0.15) is 0 Å². The van der Waals surface area contributed by atoms with Crippen molar-refractivity contribution < 1.29 is 9.21 Å². The highest BCUT2D eigenvalue weighted by Crippen LogP contribution is 2.31. The van der Waals surface area contributed by atoms with E-state index in [0.717, 1.165) is 18.4 Å². The van der Waals surface area contributed by atoms with Crippen LogP contribution in [0.2, 0.25) is 0 Å². The molecule has 2 aromatic carbocycles. The molecule has 2 N–H and O–H groups in total. The minimum atomic E-state index is -0.123. The molecule has 0 spiro atoms. The van der Waals surface area contributed by atoms with Gasteiger partial charge in [-0.1, -0.05) is 42.1 Å². The van der Waals surface area contributed by atoms with E-state index in [9.17, 15) is 4.79 Å². The summed E-state index contributed by atoms with van der Waals surface area (Å²) in [5, 5.41) is 6.67. The minimum absolute atomic E-state index is 0.123. The standard InChI is InChI=1S/C23H22N2O2S/c26-23(25-20-14-16-8-11-19(20)24-16)22-13-12-21(27-22)15-6-9-18(10-7-15)28-17-4-2-1-3-5-17/h1-7,9-10,12-13,16,19-20,24H,8,11,14H2,(H,25,26)/t16-,19+,20-/m1/s1. The van der Waals surface area contributed by atoms with Crippen LogP contribution in [0.3, 0.4) is 0 Å². The van der Waals surface area contributed by atoms with Crippen LogP contribution in [0.5, 0.6) is 0 Å². The van der Waals surface area contributed by atoms with E-state index in [4.69, 9.17) is 4.42 Å². The SMILES string of the molecule is O=C(N[C@@H]1C[C@H]2CC[C@@H]1N2)c1ccc(-c2ccc(Sc3ccccc3)cc2)o1. The molecule has 0 unspecified atom stereocenters. The van der Waals surface area contributed by atoms with Crippen molar-refractivity contribution in [3.8, 4) is 11.3 Å². The highest BCUT2D eigenvalue weighted by Gasteiger charge is 2.39. The zero-order valence-electron chi connectivity index (χ0n) is 15.4. The van der Waals surface area contributed by atoms with E-state index < -0.39 is 0 Å². The number of benzene rings is 2. The largest absolute Gasteiger partial charge is 0.451 e. The summed E-state index contributed by atoms with van der Waals surface area (Å²) in [4.78, 5) is 14.9. The molecule has 0 aliphatic carbocycles. The van der Waals surface area contributed by atoms with Crippen LogP contribution >= 0.6 is 11.8 Å². The predicted octanol–water partition coefficient (Wildman–Crippen LogP) is 4.72. The number of rotatable bonds is 5. The second-order valence-electron chi connectivity index (χ2n) is 7.47. The van der Waals surface area contributed by atoms with Crippen molar-refractivity contribution in [2.24, 2.45) is 0 Å². The number of carbonyl (C=O) groups excluding carboxylic acids is 1. The number of amides is 1. The molecule has 3 heterocycles. The summed E-state index contributed by atoms with van der Waals surface area (Å²) in [7, 11) is 0. The molecule has 0 saturated carbocycles. The van der Waals surface area contributed by atoms with E-state index in [1.54, 1.807) is 17.8 Å². The van der Waals surface area contributed by atoms with Gasteiger partial charge >= 0.3 is 0 Å². The Morgan fingerprint density at radius 3 is 2.46 bits per heavy atom. The summed E-state index contributed by atoms with van der Waals surface area (Å²) in [6.45, 7) is 0. The molecule has 1 aromatic heterocycles. The number of hydrogen-bond donors (Lipinski definition) is 2. The smallest absolute Gasteiger partial charge is 0.287 e. The van der Waals surface area contributed by atoms with Crippen molar-refractivity contribution in [3.63, 3.8) is 0 Å². The molecule has 142 valence electrons. The highest BCUT2D eigenvalue weighted by molar-refractivity contribution is 7.99. The van der Waals surface area contributed by atoms with E-state index in [2.05, 4.69) is 34.9 Å². The lowest BCUT2D eigenvalue weighted by Crippen LogP contribution is -2.42. The Morgan fingerprint density at radius 1 is 0.964 bits per heavy atom. The van der Waals surface area contributed by atoms with Crippen LogP contribution in [0.4, 0.5) is 0 Å². The molecular formula is C23H22N2O2S. The van der Waals surface area contributed by atoms with E-state index in [0.29, 0.717) is 23.6 Å². The lowest BCUT2D eigenvalue weighted by molar-refractivity contribution is 0.0903. The molecule has 28 heavy (non-hydrogen) atoms. The van der Waals surface area contributed by atoms with Gasteiger partial charge < -0.3 is 15.1 Å². The zero-order chi connectivity index (χ0) is 18.9. The lowest BCUT2D eigenvalue weighted by Gasteiger charge is -2.20. The monoisotopic (exact) mass is 390 g/mol. The van der Waals surface area contributed by atoms with Gasteiger partial charge in [0.05, 0.1) is 0 Å². The van der Waals surface area contributed by atoms with Gasteiger partial charge in [0.25, 0.3) is 5.91 Å². The Labute approximate surface area is 168 Å². The average molecular weight is 391 g/mol. The fourth-order valence-corrected chi connectivity index (χ4v) is 4.99. The first-order valence-corrected chi connectivity index (χ1v) is 10.6. The Bertz CT molecular complexity index is 968. The first-order valence-electron chi connectivity index (χ1n) is 9.75. The van der Waals surface area contributed by atoms with Crippen molar-refractivity contribution >= 4 is 17.7 Å². The maximum atomic E-state index is 12.5. The summed E-state index contributed by atoms with van der Waals surface area (Å²) >= 11 is 1.72. The third-order valence-corrected chi connectivity index (χ3v) is 6.58. The summed E-state index contributed by atoms with van der Waals surface area (Å²) in [5.41, 5.74) is 0.970. The average Bonchev–Trinajstić information content (AvgIpc) is 3.46. The maximum absolute atomic E-state index is 12.5. The zero-order valence-corrected chi connectivity index (χ0v) is 16.2. The Balaban J connectivity index is 1.24. The van der Waals surface area contributed by atoms with Crippen molar-refractivity contribution in [2.75, 3.05) is 0 Å². The first kappa shape index (κ1) is 17.6. The van der Waals surface area contributed by atoms with Gasteiger partial charge in [-0.3, -0.25) is 4.79 Å². The second kappa shape index (κ2) is 7.49. The summed E-state index contributed by atoms with van der Waals surface area (Å²) in [6, 6.07) is 23.4. The van der Waals surface area contributed by atoms with Gasteiger partial charge in [0, 0.05) is 33.5 Å². The van der Waals surface area contributed by atoms with E-state index in [-0.39, 0.29) is 11.9 Å². The van der Waals surface area contributed by atoms with Crippen molar-refractivity contribution in [3.05, 3.63) is 72.5 Å². The number of furan rings is 1. The highest BCUT2D eigenvalue weighted by atomic mass is 32.2. The molecule has 2 bridgehead atoms. The maximum Gasteiger partial charge on any atom is 0.287 e. The van der Waals surface area contributed by atoms with E-state index >= 15 is 0 Å². The first-order chi connectivity index (χ1) is 13.7. The van der Waals surface area contributed by atoms with Crippen LogP contribution in [-0.2, 0) is 0 Å². The minimum Gasteiger partial charge on any atom is -0.451 e. The molecule has 2 fully saturated rings. The van der Waals surface area contributed by atoms with Crippen LogP contribution < -0.4 is 10.6 Å². The molecule has 3 aromatic rings. The third-order valence-electron chi connectivity index (χ3n) is 5.56. The molecule has 1 amide bonds. The van der Waals surface area contributed by atoms with Gasteiger partial charge in [0.1, 0.15) is 5.76 Å². The molecule has 2 aliphatic rings. The Morgan fingerprint density at radius 2 is 1.75 bits per heavy atom. The van der Waals surface area contributed by atoms with Gasteiger partial charge in [-0.05, 0) is 55.7 Å². The molecular weight excluding hydrogens is 368 g/mol. The molecule has 2 aliphatic heterocycles. The van der Waals surface area contributed by atoms with Crippen LogP contribution in [-0.4, -0.2) is 24.0 Å². The number of hydrogen-bond acceptors (Lipinski definition) is 4. The van der Waals surface area contributed by atoms with Gasteiger partial charge in [0.2, 0.25) is 0 Å². The summed E-state index contributed by atoms with van der Waals surface area (Å²) in [6.07, 6.45) is 3.39. The van der Waals surface area contributed by atoms with Gasteiger partial charge in [0.15, 0.2) is 5.76 Å². The number of carbonyl (C=O) groups is 1. The quantitative estimate of drug-likeness (QED) is 0.662. The van der Waals surface area contributed by atoms with Crippen molar-refractivity contribution in [2.45, 2.75) is 47.2 Å². The van der Waals surface area contributed by atoms with Crippen molar-refractivity contribution in [1.29, 1.82) is 0 Å². The van der Waals surface area contributed by atoms with E-state index in [1.165, 1.54) is 16.2 Å². The number of fused-ring (bicyclic) bond motifs is 2. The summed E-state index contributed by atoms with van der Waals surface area (Å²) in [5.74, 6) is 0.967. The molecule has 2 saturated heterocycles. The molecule has 0 radical (unpaired) electrons. The fourth-order valence-electron chi connectivity index (χ4n) is 4.15. The predicted molar refractivity (Wildman–Crippen MR) is 111 cm³/mol. The van der Waals surface area contributed by atoms with Crippen LogP contribution in [0.25, 0.3) is 11.3 Å². The normalized spacial score (nSPS) is 23.1. The molecule has 5 rings (SSSR count). The molecule has 3 atom stereocenters. The van der Waals surface area contributed by atoms with Crippen LogP contribution in [0.15, 0.2) is 80.9 Å². The molecule has 4 nitrogen and oxygen atoms in total. The third kappa shape index (κ3) is 3.60. The van der Waals surface area contributed by atoms with E-state index in [1.807, 2.05) is 36.4 Å². The Hall–Kier alpha value is -2.50. The van der Waals surface area contributed by atoms with Crippen molar-refractivity contribution in [1.82, 2.24) is 10.6 Å². The number of nitrogens with one attached hydrogen (secondary N) is 2. The van der Waals surface area contributed by atoms with Crippen LogP contribution in [0, 0.1) is 0 Å². The van der Waals surface area contributed by atoms with Gasteiger partial charge in [-0.15, -0.1) is 0 Å². The summed E-state index contributed by atoms with van der Waals surface area (Å²) < 4.78 is 5.84. The Kier molecular flexibility index (Phi) is 4.71. The second-order valence-corrected chi connectivity index (χ2v) is 8.61. The fraction of sp³-hybridized carbons (Fsp3) is 0.261. The van der Waals surface area contributed by atoms with Gasteiger partial charge in [-0.25, -0.2) is 0 Å². The lowest BCUT2D eigenvalue weighted by atomic mass is 9.95. The van der Waals surface area contributed by atoms with Crippen LogP contribution in [0.1, 0.15) is 29.8 Å². The topological polar surface area (TPSA) is 54.3 Å². The molecule has 5 heteroatoms.